The van der Waals surface area contributed by atoms with Crippen LogP contribution in [0.1, 0.15) is 27.7 Å². The second-order valence-corrected chi connectivity index (χ2v) is 6.59. The SMILES string of the molecule is NC(=NC(=O)c1ccccc1)N1CCc2c([nH]c3ccccc23)C1C(F)(F)F. The normalized spacial score (nSPS) is 17.6. The summed E-state index contributed by atoms with van der Waals surface area (Å²) in [5, 5.41) is 0.766. The summed E-state index contributed by atoms with van der Waals surface area (Å²) in [6.07, 6.45) is -4.23. The Morgan fingerprint density at radius 1 is 1.11 bits per heavy atom. The average molecular weight is 386 g/mol. The number of amides is 1. The highest BCUT2D eigenvalue weighted by Gasteiger charge is 2.49. The van der Waals surface area contributed by atoms with Crippen molar-refractivity contribution in [3.63, 3.8) is 0 Å². The first-order valence-electron chi connectivity index (χ1n) is 8.72. The highest BCUT2D eigenvalue weighted by Crippen LogP contribution is 2.43. The number of aliphatic imine (C=N–C) groups is 1. The van der Waals surface area contributed by atoms with Crippen molar-refractivity contribution >= 4 is 22.8 Å². The third-order valence-electron chi connectivity index (χ3n) is 4.88. The molecule has 4 rings (SSSR count). The molecule has 0 radical (unpaired) electrons. The number of fused-ring (bicyclic) bond motifs is 3. The van der Waals surface area contributed by atoms with Gasteiger partial charge in [0.1, 0.15) is 0 Å². The van der Waals surface area contributed by atoms with Crippen molar-refractivity contribution in [2.75, 3.05) is 6.54 Å². The molecule has 5 nitrogen and oxygen atoms in total. The summed E-state index contributed by atoms with van der Waals surface area (Å²) in [7, 11) is 0. The summed E-state index contributed by atoms with van der Waals surface area (Å²) in [5.74, 6) is -1.12. The van der Waals surface area contributed by atoms with Gasteiger partial charge in [-0.1, -0.05) is 36.4 Å². The van der Waals surface area contributed by atoms with Gasteiger partial charge in [-0.25, -0.2) is 0 Å². The molecule has 1 aliphatic heterocycles. The summed E-state index contributed by atoms with van der Waals surface area (Å²) in [5.41, 5.74) is 7.43. The molecule has 0 fully saturated rings. The minimum atomic E-state index is -4.59. The van der Waals surface area contributed by atoms with Crippen LogP contribution in [0.5, 0.6) is 0 Å². The number of aromatic nitrogens is 1. The molecule has 3 N–H and O–H groups in total. The van der Waals surface area contributed by atoms with E-state index in [4.69, 9.17) is 5.73 Å². The molecule has 144 valence electrons. The van der Waals surface area contributed by atoms with Gasteiger partial charge in [-0.2, -0.15) is 18.2 Å². The number of hydrogen-bond acceptors (Lipinski definition) is 1. The van der Waals surface area contributed by atoms with Crippen LogP contribution in [-0.4, -0.2) is 34.5 Å². The first kappa shape index (κ1) is 18.1. The van der Waals surface area contributed by atoms with Gasteiger partial charge < -0.3 is 15.6 Å². The molecule has 3 aromatic rings. The van der Waals surface area contributed by atoms with Crippen molar-refractivity contribution in [1.82, 2.24) is 9.88 Å². The Morgan fingerprint density at radius 2 is 1.79 bits per heavy atom. The van der Waals surface area contributed by atoms with Crippen LogP contribution in [0.2, 0.25) is 0 Å². The van der Waals surface area contributed by atoms with Gasteiger partial charge in [-0.05, 0) is 30.2 Å². The quantitative estimate of drug-likeness (QED) is 0.494. The Kier molecular flexibility index (Phi) is 4.33. The fraction of sp³-hybridized carbons (Fsp3) is 0.200. The lowest BCUT2D eigenvalue weighted by atomic mass is 9.97. The number of guanidine groups is 1. The number of alkyl halides is 3. The molecule has 1 aliphatic rings. The maximum atomic E-state index is 14.0. The minimum Gasteiger partial charge on any atom is -0.369 e. The lowest BCUT2D eigenvalue weighted by Gasteiger charge is -2.37. The van der Waals surface area contributed by atoms with Crippen LogP contribution in [0.4, 0.5) is 13.2 Å². The van der Waals surface area contributed by atoms with Crippen LogP contribution in [0, 0.1) is 0 Å². The van der Waals surface area contributed by atoms with Crippen LogP contribution >= 0.6 is 0 Å². The molecule has 8 heteroatoms. The molecule has 0 saturated carbocycles. The summed E-state index contributed by atoms with van der Waals surface area (Å²) in [6, 6.07) is 13.2. The number of halogens is 3. The average Bonchev–Trinajstić information content (AvgIpc) is 3.05. The molecule has 28 heavy (non-hydrogen) atoms. The van der Waals surface area contributed by atoms with Crippen molar-refractivity contribution in [2.45, 2.75) is 18.6 Å². The molecule has 0 aliphatic carbocycles. The van der Waals surface area contributed by atoms with Crippen molar-refractivity contribution in [3.05, 3.63) is 71.4 Å². The van der Waals surface area contributed by atoms with Crippen molar-refractivity contribution < 1.29 is 18.0 Å². The number of nitrogens with two attached hydrogens (primary N) is 1. The van der Waals surface area contributed by atoms with Crippen LogP contribution in [0.3, 0.4) is 0 Å². The van der Waals surface area contributed by atoms with Crippen molar-refractivity contribution in [1.29, 1.82) is 0 Å². The first-order chi connectivity index (χ1) is 13.4. The van der Waals surface area contributed by atoms with Gasteiger partial charge in [-0.3, -0.25) is 4.79 Å². The third-order valence-corrected chi connectivity index (χ3v) is 4.88. The number of nitrogens with one attached hydrogen (secondary N) is 1. The summed E-state index contributed by atoms with van der Waals surface area (Å²) < 4.78 is 41.9. The molecule has 1 aromatic heterocycles. The van der Waals surface area contributed by atoms with Gasteiger partial charge in [0.25, 0.3) is 5.91 Å². The number of nitrogens with zero attached hydrogens (tertiary/aromatic N) is 2. The van der Waals surface area contributed by atoms with Gasteiger partial charge in [0.2, 0.25) is 0 Å². The summed E-state index contributed by atoms with van der Waals surface area (Å²) in [4.78, 5) is 19.8. The second-order valence-electron chi connectivity index (χ2n) is 6.59. The fourth-order valence-corrected chi connectivity index (χ4v) is 3.64. The molecule has 1 amide bonds. The molecule has 1 atom stereocenters. The van der Waals surface area contributed by atoms with E-state index in [1.807, 2.05) is 0 Å². The zero-order valence-electron chi connectivity index (χ0n) is 14.7. The van der Waals surface area contributed by atoms with E-state index >= 15 is 0 Å². The molecule has 0 bridgehead atoms. The predicted octanol–water partition coefficient (Wildman–Crippen LogP) is 3.78. The first-order valence-corrected chi connectivity index (χ1v) is 8.72. The Morgan fingerprint density at radius 3 is 2.50 bits per heavy atom. The maximum absolute atomic E-state index is 14.0. The van der Waals surface area contributed by atoms with Crippen molar-refractivity contribution in [2.24, 2.45) is 10.7 Å². The Balaban J connectivity index is 1.75. The van der Waals surface area contributed by atoms with E-state index in [-0.39, 0.29) is 17.8 Å². The molecule has 1 unspecified atom stereocenters. The molecule has 0 saturated heterocycles. The van der Waals surface area contributed by atoms with E-state index in [9.17, 15) is 18.0 Å². The lowest BCUT2D eigenvalue weighted by molar-refractivity contribution is -0.179. The van der Waals surface area contributed by atoms with Crippen LogP contribution < -0.4 is 5.73 Å². The Hall–Kier alpha value is -3.29. The van der Waals surface area contributed by atoms with E-state index in [0.29, 0.717) is 17.5 Å². The second kappa shape index (κ2) is 6.70. The predicted molar refractivity (Wildman–Crippen MR) is 99.9 cm³/mol. The molecular formula is C20H17F3N4O. The Labute approximate surface area is 158 Å². The lowest BCUT2D eigenvalue weighted by Crippen LogP contribution is -2.49. The minimum absolute atomic E-state index is 0.0103. The Bertz CT molecular complexity index is 1060. The fourth-order valence-electron chi connectivity index (χ4n) is 3.64. The number of aromatic amines is 1. The monoisotopic (exact) mass is 386 g/mol. The van der Waals surface area contributed by atoms with Gasteiger partial charge in [0.15, 0.2) is 12.0 Å². The smallest absolute Gasteiger partial charge is 0.369 e. The van der Waals surface area contributed by atoms with E-state index in [0.717, 1.165) is 10.3 Å². The topological polar surface area (TPSA) is 74.5 Å². The van der Waals surface area contributed by atoms with Gasteiger partial charge in [-0.15, -0.1) is 0 Å². The zero-order valence-corrected chi connectivity index (χ0v) is 14.7. The number of benzene rings is 2. The van der Waals surface area contributed by atoms with Gasteiger partial charge >= 0.3 is 6.18 Å². The maximum Gasteiger partial charge on any atom is 0.414 e. The van der Waals surface area contributed by atoms with Gasteiger partial charge in [0, 0.05) is 23.0 Å². The van der Waals surface area contributed by atoms with E-state index < -0.39 is 24.1 Å². The number of rotatable bonds is 1. The number of hydrogen-bond donors (Lipinski definition) is 2. The zero-order chi connectivity index (χ0) is 19.9. The van der Waals surface area contributed by atoms with E-state index in [2.05, 4.69) is 9.98 Å². The van der Waals surface area contributed by atoms with E-state index in [1.165, 1.54) is 12.1 Å². The number of H-pyrrole nitrogens is 1. The summed E-state index contributed by atoms with van der Waals surface area (Å²) in [6.45, 7) is 0.0103. The van der Waals surface area contributed by atoms with Crippen molar-refractivity contribution in [3.8, 4) is 0 Å². The van der Waals surface area contributed by atoms with Crippen LogP contribution in [-0.2, 0) is 6.42 Å². The molecular weight excluding hydrogens is 369 g/mol. The van der Waals surface area contributed by atoms with Crippen LogP contribution in [0.15, 0.2) is 59.6 Å². The number of para-hydroxylation sites is 1. The highest BCUT2D eigenvalue weighted by atomic mass is 19.4. The van der Waals surface area contributed by atoms with E-state index in [1.54, 1.807) is 42.5 Å². The largest absolute Gasteiger partial charge is 0.414 e. The summed E-state index contributed by atoms with van der Waals surface area (Å²) >= 11 is 0. The number of carbonyl (C=O) groups excluding carboxylic acids is 1. The van der Waals surface area contributed by atoms with Crippen LogP contribution in [0.25, 0.3) is 10.9 Å². The molecule has 2 heterocycles. The standard InChI is InChI=1S/C20H17F3N4O/c21-20(22,23)17-16-14(13-8-4-5-9-15(13)25-16)10-11-27(17)19(24)26-18(28)12-6-2-1-3-7-12/h1-9,17,25H,10-11H2,(H2,24,26,28). The number of carbonyl (C=O) groups is 1. The van der Waals surface area contributed by atoms with Gasteiger partial charge in [0.05, 0.1) is 5.69 Å². The highest BCUT2D eigenvalue weighted by molar-refractivity contribution is 6.02. The molecule has 2 aromatic carbocycles. The third kappa shape index (κ3) is 3.11. The molecule has 0 spiro atoms.